The van der Waals surface area contributed by atoms with Crippen LogP contribution in [-0.4, -0.2) is 67.6 Å². The predicted octanol–water partition coefficient (Wildman–Crippen LogP) is 1.75. The zero-order chi connectivity index (χ0) is 14.5. The fourth-order valence-corrected chi connectivity index (χ4v) is 9.05. The van der Waals surface area contributed by atoms with E-state index < -0.39 is 7.56 Å². The fraction of sp³-hybridized carbons (Fsp3) is 0.600. The Balaban J connectivity index is 1.98. The van der Waals surface area contributed by atoms with Crippen LogP contribution in [0, 0.1) is 0 Å². The SMILES string of the molecule is ClC[PH](c1ccccc1)(N1CCOCC1)N1CCOCC1. The number of alkyl halides is 1. The van der Waals surface area contributed by atoms with Crippen molar-refractivity contribution in [1.29, 1.82) is 0 Å². The van der Waals surface area contributed by atoms with Gasteiger partial charge in [-0.3, -0.25) is 0 Å². The van der Waals surface area contributed by atoms with Gasteiger partial charge < -0.3 is 0 Å². The summed E-state index contributed by atoms with van der Waals surface area (Å²) in [6, 6.07) is 10.8. The molecule has 1 aromatic carbocycles. The number of rotatable bonds is 4. The summed E-state index contributed by atoms with van der Waals surface area (Å²) in [5.74, 6) is 0. The normalized spacial score (nSPS) is 23.1. The summed E-state index contributed by atoms with van der Waals surface area (Å²) < 4.78 is 16.3. The van der Waals surface area contributed by atoms with Gasteiger partial charge in [0.05, 0.1) is 0 Å². The van der Waals surface area contributed by atoms with Crippen molar-refractivity contribution < 1.29 is 9.47 Å². The second-order valence-corrected chi connectivity index (χ2v) is 10.1. The summed E-state index contributed by atoms with van der Waals surface area (Å²) in [4.78, 5) is 0. The van der Waals surface area contributed by atoms with Crippen LogP contribution in [-0.2, 0) is 9.47 Å². The molecule has 0 saturated carbocycles. The van der Waals surface area contributed by atoms with E-state index in [0.717, 1.165) is 52.6 Å². The maximum absolute atomic E-state index is 6.62. The van der Waals surface area contributed by atoms with Crippen LogP contribution in [0.5, 0.6) is 0 Å². The molecule has 0 spiro atoms. The van der Waals surface area contributed by atoms with Crippen LogP contribution >= 0.6 is 19.2 Å². The molecule has 6 heteroatoms. The van der Waals surface area contributed by atoms with E-state index in [1.165, 1.54) is 5.30 Å². The molecule has 0 N–H and O–H groups in total. The van der Waals surface area contributed by atoms with Gasteiger partial charge in [0.1, 0.15) is 0 Å². The van der Waals surface area contributed by atoms with Crippen LogP contribution in [0.2, 0.25) is 0 Å². The molecule has 0 amide bonds. The van der Waals surface area contributed by atoms with Crippen LogP contribution in [0.3, 0.4) is 0 Å². The number of hydrogen-bond donors (Lipinski definition) is 0. The first-order chi connectivity index (χ1) is 10.4. The van der Waals surface area contributed by atoms with Crippen molar-refractivity contribution in [3.8, 4) is 0 Å². The van der Waals surface area contributed by atoms with Gasteiger partial charge >= 0.3 is 132 Å². The Morgan fingerprint density at radius 1 is 0.857 bits per heavy atom. The minimum atomic E-state index is -2.07. The fourth-order valence-electron chi connectivity index (χ4n) is 3.38. The summed E-state index contributed by atoms with van der Waals surface area (Å²) in [5, 5.41) is 1.41. The molecular weight excluding hydrogens is 307 g/mol. The van der Waals surface area contributed by atoms with Gasteiger partial charge in [-0.05, 0) is 0 Å². The topological polar surface area (TPSA) is 24.9 Å². The number of benzene rings is 1. The zero-order valence-corrected chi connectivity index (χ0v) is 14.1. The summed E-state index contributed by atoms with van der Waals surface area (Å²) in [7, 11) is -2.07. The van der Waals surface area contributed by atoms with Crippen molar-refractivity contribution in [2.45, 2.75) is 0 Å². The van der Waals surface area contributed by atoms with E-state index >= 15 is 0 Å². The molecule has 0 unspecified atom stereocenters. The molecule has 2 aliphatic rings. The molecule has 21 heavy (non-hydrogen) atoms. The predicted molar refractivity (Wildman–Crippen MR) is 89.9 cm³/mol. The van der Waals surface area contributed by atoms with Crippen molar-refractivity contribution in [1.82, 2.24) is 9.34 Å². The molecule has 2 heterocycles. The summed E-state index contributed by atoms with van der Waals surface area (Å²) in [6.07, 6.45) is 0. The third-order valence-corrected chi connectivity index (χ3v) is 10.2. The molecule has 0 atom stereocenters. The van der Waals surface area contributed by atoms with Gasteiger partial charge in [-0.15, -0.1) is 0 Å². The quantitative estimate of drug-likeness (QED) is 0.620. The van der Waals surface area contributed by atoms with Crippen molar-refractivity contribution in [2.75, 3.05) is 58.2 Å². The molecule has 118 valence electrons. The Hall–Kier alpha value is -0.220. The maximum atomic E-state index is 6.62. The van der Waals surface area contributed by atoms with Gasteiger partial charge in [0.15, 0.2) is 0 Å². The van der Waals surface area contributed by atoms with Crippen molar-refractivity contribution in [2.24, 2.45) is 0 Å². The van der Waals surface area contributed by atoms with Crippen molar-refractivity contribution >= 4 is 24.5 Å². The van der Waals surface area contributed by atoms with E-state index in [1.54, 1.807) is 0 Å². The van der Waals surface area contributed by atoms with E-state index in [9.17, 15) is 0 Å². The van der Waals surface area contributed by atoms with E-state index in [4.69, 9.17) is 21.1 Å². The third kappa shape index (κ3) is 3.12. The average Bonchev–Trinajstić information content (AvgIpc) is 2.59. The van der Waals surface area contributed by atoms with Crippen LogP contribution in [0.1, 0.15) is 0 Å². The monoisotopic (exact) mass is 330 g/mol. The first kappa shape index (κ1) is 15.7. The summed E-state index contributed by atoms with van der Waals surface area (Å²) >= 11 is 6.62. The molecule has 3 rings (SSSR count). The third-order valence-electron chi connectivity index (χ3n) is 4.49. The molecule has 2 fully saturated rings. The Morgan fingerprint density at radius 3 is 1.76 bits per heavy atom. The molecule has 0 bridgehead atoms. The van der Waals surface area contributed by atoms with Crippen LogP contribution in [0.4, 0.5) is 0 Å². The van der Waals surface area contributed by atoms with Crippen LogP contribution in [0.25, 0.3) is 0 Å². The minimum absolute atomic E-state index is 0.691. The molecule has 1 aromatic rings. The number of halogens is 1. The Bertz CT molecular complexity index is 419. The Labute approximate surface area is 132 Å². The Kier molecular flexibility index (Phi) is 5.49. The van der Waals surface area contributed by atoms with Crippen molar-refractivity contribution in [3.63, 3.8) is 0 Å². The van der Waals surface area contributed by atoms with Crippen LogP contribution in [0.15, 0.2) is 30.3 Å². The second kappa shape index (κ2) is 7.36. The molecular formula is C15H24ClN2O2P. The van der Waals surface area contributed by atoms with E-state index in [1.807, 2.05) is 0 Å². The standard InChI is InChI=1S/C15H24ClN2O2P/c16-14-21(15-4-2-1-3-5-15,17-6-10-19-11-7-17)18-8-12-20-13-9-18/h1-5,21H,6-14H2. The zero-order valence-electron chi connectivity index (χ0n) is 12.3. The van der Waals surface area contributed by atoms with Gasteiger partial charge in [0.2, 0.25) is 0 Å². The van der Waals surface area contributed by atoms with E-state index in [-0.39, 0.29) is 0 Å². The molecule has 0 aromatic heterocycles. The summed E-state index contributed by atoms with van der Waals surface area (Å²) in [5.41, 5.74) is 0.691. The van der Waals surface area contributed by atoms with Gasteiger partial charge in [-0.25, -0.2) is 0 Å². The van der Waals surface area contributed by atoms with Gasteiger partial charge in [-0.2, -0.15) is 0 Å². The first-order valence-electron chi connectivity index (χ1n) is 7.65. The van der Waals surface area contributed by atoms with E-state index in [2.05, 4.69) is 39.7 Å². The van der Waals surface area contributed by atoms with Gasteiger partial charge in [0, 0.05) is 0 Å². The number of nitrogens with zero attached hydrogens (tertiary/aromatic N) is 2. The Morgan fingerprint density at radius 2 is 1.33 bits per heavy atom. The number of morpholine rings is 2. The molecule has 2 saturated heterocycles. The van der Waals surface area contributed by atoms with Crippen molar-refractivity contribution in [3.05, 3.63) is 30.3 Å². The second-order valence-electron chi connectivity index (χ2n) is 5.52. The summed E-state index contributed by atoms with van der Waals surface area (Å²) in [6.45, 7) is 7.14. The van der Waals surface area contributed by atoms with Crippen LogP contribution < -0.4 is 5.30 Å². The van der Waals surface area contributed by atoms with Gasteiger partial charge in [0.25, 0.3) is 0 Å². The molecule has 0 radical (unpaired) electrons. The average molecular weight is 331 g/mol. The number of ether oxygens (including phenoxy) is 2. The molecule has 2 aliphatic heterocycles. The molecule has 0 aliphatic carbocycles. The molecule has 4 nitrogen and oxygen atoms in total. The number of hydrogen-bond acceptors (Lipinski definition) is 4. The first-order valence-corrected chi connectivity index (χ1v) is 10.3. The van der Waals surface area contributed by atoms with E-state index in [0.29, 0.717) is 5.62 Å². The van der Waals surface area contributed by atoms with Gasteiger partial charge in [-0.1, -0.05) is 0 Å².